The van der Waals surface area contributed by atoms with Crippen molar-refractivity contribution in [2.75, 3.05) is 19.6 Å². The first-order chi connectivity index (χ1) is 11.1. The Morgan fingerprint density at radius 3 is 2.52 bits per heavy atom. The molecule has 1 aliphatic rings. The minimum absolute atomic E-state index is 0.223. The van der Waals surface area contributed by atoms with E-state index >= 15 is 0 Å². The lowest BCUT2D eigenvalue weighted by Crippen LogP contribution is -2.48. The second-order valence-electron chi connectivity index (χ2n) is 6.45. The Labute approximate surface area is 137 Å². The van der Waals surface area contributed by atoms with Crippen molar-refractivity contribution in [3.8, 4) is 11.1 Å². The van der Waals surface area contributed by atoms with E-state index in [1.54, 1.807) is 0 Å². The zero-order valence-electron chi connectivity index (χ0n) is 13.8. The smallest absolute Gasteiger partial charge is 0.0862 e. The molecule has 1 fully saturated rings. The molecule has 3 atom stereocenters. The molecule has 3 rings (SSSR count). The van der Waals surface area contributed by atoms with Gasteiger partial charge in [0.15, 0.2) is 0 Å². The van der Waals surface area contributed by atoms with Crippen LogP contribution in [0.1, 0.15) is 13.8 Å². The summed E-state index contributed by atoms with van der Waals surface area (Å²) in [6, 6.07) is 10.2. The molecule has 5 nitrogen and oxygen atoms in total. The van der Waals surface area contributed by atoms with Gasteiger partial charge in [0.1, 0.15) is 0 Å². The van der Waals surface area contributed by atoms with Gasteiger partial charge in [0, 0.05) is 31.4 Å². The van der Waals surface area contributed by atoms with Crippen molar-refractivity contribution < 1.29 is 9.84 Å². The summed E-state index contributed by atoms with van der Waals surface area (Å²) in [7, 11) is 0. The van der Waals surface area contributed by atoms with E-state index in [0.29, 0.717) is 13.1 Å². The lowest BCUT2D eigenvalue weighted by Gasteiger charge is -2.36. The van der Waals surface area contributed by atoms with Crippen molar-refractivity contribution in [3.63, 3.8) is 0 Å². The summed E-state index contributed by atoms with van der Waals surface area (Å²) in [6.07, 6.45) is 3.85. The first kappa shape index (κ1) is 16.2. The van der Waals surface area contributed by atoms with E-state index in [1.165, 1.54) is 0 Å². The number of rotatable bonds is 5. The molecule has 5 heteroatoms. The Hall–Kier alpha value is -1.69. The predicted molar refractivity (Wildman–Crippen MR) is 90.1 cm³/mol. The Balaban J connectivity index is 1.56. The average Bonchev–Trinajstić information content (AvgIpc) is 2.95. The van der Waals surface area contributed by atoms with E-state index in [2.05, 4.69) is 36.0 Å². The monoisotopic (exact) mass is 315 g/mol. The molecule has 0 bridgehead atoms. The number of aliphatic hydroxyl groups is 1. The zero-order valence-corrected chi connectivity index (χ0v) is 13.8. The van der Waals surface area contributed by atoms with E-state index in [-0.39, 0.29) is 12.2 Å². The summed E-state index contributed by atoms with van der Waals surface area (Å²) in [4.78, 5) is 2.27. The van der Waals surface area contributed by atoms with E-state index in [9.17, 15) is 5.11 Å². The summed E-state index contributed by atoms with van der Waals surface area (Å²) in [5.74, 6) is 0. The molecule has 0 aliphatic carbocycles. The van der Waals surface area contributed by atoms with Gasteiger partial charge in [-0.15, -0.1) is 0 Å². The summed E-state index contributed by atoms with van der Waals surface area (Å²) in [5.41, 5.74) is 2.22. The van der Waals surface area contributed by atoms with E-state index in [4.69, 9.17) is 4.74 Å². The molecule has 0 radical (unpaired) electrons. The third-order valence-electron chi connectivity index (χ3n) is 4.10. The van der Waals surface area contributed by atoms with Gasteiger partial charge in [-0.05, 0) is 19.4 Å². The fraction of sp³-hybridized carbons (Fsp3) is 0.500. The first-order valence-corrected chi connectivity index (χ1v) is 8.24. The molecule has 124 valence electrons. The van der Waals surface area contributed by atoms with E-state index < -0.39 is 6.10 Å². The van der Waals surface area contributed by atoms with Crippen molar-refractivity contribution in [2.45, 2.75) is 38.7 Å². The van der Waals surface area contributed by atoms with Crippen molar-refractivity contribution in [1.29, 1.82) is 0 Å². The van der Waals surface area contributed by atoms with Crippen LogP contribution in [-0.2, 0) is 11.3 Å². The highest BCUT2D eigenvalue weighted by Gasteiger charge is 2.23. The molecular formula is C18H25N3O2. The maximum atomic E-state index is 10.4. The lowest BCUT2D eigenvalue weighted by molar-refractivity contribution is -0.0774. The van der Waals surface area contributed by atoms with Gasteiger partial charge in [0.25, 0.3) is 0 Å². The number of β-amino-alcohol motifs (C(OH)–C–C–N with tert-alkyl or cyclic N) is 1. The molecule has 23 heavy (non-hydrogen) atoms. The van der Waals surface area contributed by atoms with Crippen LogP contribution in [-0.4, -0.2) is 57.7 Å². The van der Waals surface area contributed by atoms with Crippen LogP contribution in [0.3, 0.4) is 0 Å². The molecule has 1 N–H and O–H groups in total. The second kappa shape index (κ2) is 7.25. The van der Waals surface area contributed by atoms with Crippen molar-refractivity contribution in [3.05, 3.63) is 42.7 Å². The van der Waals surface area contributed by atoms with Gasteiger partial charge in [-0.2, -0.15) is 5.10 Å². The number of morpholine rings is 1. The Morgan fingerprint density at radius 2 is 1.83 bits per heavy atom. The number of aromatic nitrogens is 2. The number of hydrogen-bond acceptors (Lipinski definition) is 4. The molecule has 1 saturated heterocycles. The molecule has 0 saturated carbocycles. The zero-order chi connectivity index (χ0) is 16.2. The van der Waals surface area contributed by atoms with Crippen LogP contribution < -0.4 is 0 Å². The van der Waals surface area contributed by atoms with Crippen LogP contribution in [0.25, 0.3) is 11.1 Å². The Kier molecular flexibility index (Phi) is 5.10. The van der Waals surface area contributed by atoms with Gasteiger partial charge in [-0.1, -0.05) is 30.3 Å². The van der Waals surface area contributed by atoms with E-state index in [0.717, 1.165) is 24.2 Å². The first-order valence-electron chi connectivity index (χ1n) is 8.24. The van der Waals surface area contributed by atoms with Crippen LogP contribution in [0.2, 0.25) is 0 Å². The SMILES string of the molecule is C[C@@H]1CN(C[C@H](O)Cn2cc(-c3ccccc3)cn2)C[C@@H](C)O1. The maximum Gasteiger partial charge on any atom is 0.0862 e. The minimum atomic E-state index is -0.434. The van der Waals surface area contributed by atoms with Crippen molar-refractivity contribution >= 4 is 0 Å². The van der Waals surface area contributed by atoms with Crippen LogP contribution in [0, 0.1) is 0 Å². The largest absolute Gasteiger partial charge is 0.390 e. The Morgan fingerprint density at radius 1 is 1.13 bits per heavy atom. The van der Waals surface area contributed by atoms with Crippen molar-refractivity contribution in [2.24, 2.45) is 0 Å². The van der Waals surface area contributed by atoms with E-state index in [1.807, 2.05) is 35.3 Å². The predicted octanol–water partition coefficient (Wildman–Crippen LogP) is 2.02. The summed E-state index contributed by atoms with van der Waals surface area (Å²) >= 11 is 0. The van der Waals surface area contributed by atoms with Gasteiger partial charge in [0.2, 0.25) is 0 Å². The van der Waals surface area contributed by atoms with Crippen LogP contribution in [0.15, 0.2) is 42.7 Å². The molecule has 0 amide bonds. The summed E-state index contributed by atoms with van der Waals surface area (Å²) in [5, 5.41) is 14.7. The molecule has 2 heterocycles. The van der Waals surface area contributed by atoms with Gasteiger partial charge < -0.3 is 9.84 Å². The summed E-state index contributed by atoms with van der Waals surface area (Å²) < 4.78 is 7.55. The van der Waals surface area contributed by atoms with Crippen LogP contribution in [0.5, 0.6) is 0 Å². The third kappa shape index (κ3) is 4.41. The molecule has 1 aliphatic heterocycles. The minimum Gasteiger partial charge on any atom is -0.390 e. The quantitative estimate of drug-likeness (QED) is 0.917. The maximum absolute atomic E-state index is 10.4. The number of hydrogen-bond donors (Lipinski definition) is 1. The van der Waals surface area contributed by atoms with Gasteiger partial charge in [-0.3, -0.25) is 9.58 Å². The number of nitrogens with zero attached hydrogens (tertiary/aromatic N) is 3. The van der Waals surface area contributed by atoms with Crippen LogP contribution in [0.4, 0.5) is 0 Å². The third-order valence-corrected chi connectivity index (χ3v) is 4.10. The highest BCUT2D eigenvalue weighted by atomic mass is 16.5. The fourth-order valence-electron chi connectivity index (χ4n) is 3.25. The highest BCUT2D eigenvalue weighted by molar-refractivity contribution is 5.61. The van der Waals surface area contributed by atoms with Gasteiger partial charge in [-0.25, -0.2) is 0 Å². The van der Waals surface area contributed by atoms with Gasteiger partial charge >= 0.3 is 0 Å². The Bertz CT molecular complexity index is 604. The summed E-state index contributed by atoms with van der Waals surface area (Å²) in [6.45, 7) is 7.06. The highest BCUT2D eigenvalue weighted by Crippen LogP contribution is 2.18. The normalized spacial score (nSPS) is 23.8. The average molecular weight is 315 g/mol. The van der Waals surface area contributed by atoms with Crippen LogP contribution >= 0.6 is 0 Å². The number of benzene rings is 1. The molecule has 0 spiro atoms. The topological polar surface area (TPSA) is 50.5 Å². The number of ether oxygens (including phenoxy) is 1. The molecule has 1 aromatic heterocycles. The van der Waals surface area contributed by atoms with Gasteiger partial charge in [0.05, 0.1) is 31.1 Å². The molecular weight excluding hydrogens is 290 g/mol. The standard InChI is InChI=1S/C18H25N3O2/c1-14-9-20(10-15(2)23-14)12-18(22)13-21-11-17(8-19-21)16-6-4-3-5-7-16/h3-8,11,14-15,18,22H,9-10,12-13H2,1-2H3/t14-,15-,18+/m1/s1. The van der Waals surface area contributed by atoms with Crippen molar-refractivity contribution in [1.82, 2.24) is 14.7 Å². The molecule has 1 aromatic carbocycles. The lowest BCUT2D eigenvalue weighted by atomic mass is 10.1. The molecule has 0 unspecified atom stereocenters. The molecule has 2 aromatic rings. The second-order valence-corrected chi connectivity index (χ2v) is 6.45. The number of aliphatic hydroxyl groups excluding tert-OH is 1. The fourth-order valence-corrected chi connectivity index (χ4v) is 3.25.